The summed E-state index contributed by atoms with van der Waals surface area (Å²) >= 11 is 1.81. The molecule has 0 fully saturated rings. The molecule has 30 heavy (non-hydrogen) atoms. The summed E-state index contributed by atoms with van der Waals surface area (Å²) in [5, 5.41) is 8.72. The highest BCUT2D eigenvalue weighted by molar-refractivity contribution is 7.98. The van der Waals surface area contributed by atoms with Gasteiger partial charge >= 0.3 is 0 Å². The number of rotatable bonds is 1. The molecule has 1 aromatic heterocycles. The maximum atomic E-state index is 4.85. The van der Waals surface area contributed by atoms with E-state index in [0.29, 0.717) is 0 Å². The second kappa shape index (κ2) is 5.58. The van der Waals surface area contributed by atoms with Crippen molar-refractivity contribution in [3.05, 3.63) is 71.9 Å². The van der Waals surface area contributed by atoms with E-state index in [4.69, 9.17) is 5.10 Å². The Labute approximate surface area is 180 Å². The molecule has 142 valence electrons. The maximum absolute atomic E-state index is 4.85. The predicted molar refractivity (Wildman–Crippen MR) is 130 cm³/mol. The third-order valence-electron chi connectivity index (χ3n) is 7.11. The summed E-state index contributed by atoms with van der Waals surface area (Å²) in [6.45, 7) is 4.78. The molecule has 0 N–H and O–H groups in total. The van der Waals surface area contributed by atoms with Crippen LogP contribution in [-0.2, 0) is 0 Å². The summed E-state index contributed by atoms with van der Waals surface area (Å²) in [6, 6.07) is 20.6. The first kappa shape index (κ1) is 16.8. The van der Waals surface area contributed by atoms with Crippen LogP contribution in [0.5, 0.6) is 0 Å². The number of thioether (sulfide) groups is 1. The standard InChI is InChI=1S/C26H19BN2S/c1-14-8-18-13-28-29-23-12-19(30-3)11-21-20-9-16-6-4-5-7-17(16)10-22(20)27(25(21)23)24(15(14)2)26(18)29/h4-13H,1-3H3. The molecular formula is C26H19BN2S. The van der Waals surface area contributed by atoms with Crippen LogP contribution in [0.4, 0.5) is 0 Å². The first-order valence-electron chi connectivity index (χ1n) is 10.4. The Bertz CT molecular complexity index is 1560. The van der Waals surface area contributed by atoms with Crippen molar-refractivity contribution in [2.24, 2.45) is 0 Å². The molecule has 0 unspecified atom stereocenters. The van der Waals surface area contributed by atoms with E-state index in [9.17, 15) is 0 Å². The van der Waals surface area contributed by atoms with Gasteiger partial charge in [-0.15, -0.1) is 11.8 Å². The van der Waals surface area contributed by atoms with Gasteiger partial charge in [0.05, 0.1) is 17.4 Å². The SMILES string of the molecule is CSc1cc2c3c(c1)-n1ncc4cc(C)c(C)c(c41)B3c1cc3ccccc3cc1-2. The van der Waals surface area contributed by atoms with Crippen LogP contribution in [0.15, 0.2) is 65.7 Å². The summed E-state index contributed by atoms with van der Waals surface area (Å²) in [5.41, 5.74) is 12.3. The van der Waals surface area contributed by atoms with Gasteiger partial charge in [-0.3, -0.25) is 0 Å². The van der Waals surface area contributed by atoms with Crippen molar-refractivity contribution in [2.75, 3.05) is 6.26 Å². The van der Waals surface area contributed by atoms with Crippen LogP contribution in [0.25, 0.3) is 38.5 Å². The molecule has 4 heteroatoms. The van der Waals surface area contributed by atoms with E-state index < -0.39 is 0 Å². The summed E-state index contributed by atoms with van der Waals surface area (Å²) in [6.07, 6.45) is 4.19. The number of benzene rings is 4. The van der Waals surface area contributed by atoms with Crippen LogP contribution in [-0.4, -0.2) is 22.7 Å². The van der Waals surface area contributed by atoms with Crippen LogP contribution in [0.1, 0.15) is 11.1 Å². The zero-order valence-electron chi connectivity index (χ0n) is 17.2. The minimum absolute atomic E-state index is 0.275. The van der Waals surface area contributed by atoms with Crippen molar-refractivity contribution in [3.8, 4) is 16.8 Å². The number of aromatic nitrogens is 2. The quantitative estimate of drug-likeness (QED) is 0.301. The molecule has 0 atom stereocenters. The number of hydrogen-bond acceptors (Lipinski definition) is 2. The lowest BCUT2D eigenvalue weighted by atomic mass is 9.36. The molecule has 0 saturated carbocycles. The lowest BCUT2D eigenvalue weighted by Gasteiger charge is -2.26. The Morgan fingerprint density at radius 2 is 1.67 bits per heavy atom. The second-order valence-electron chi connectivity index (χ2n) is 8.55. The third kappa shape index (κ3) is 1.91. The van der Waals surface area contributed by atoms with Crippen LogP contribution < -0.4 is 16.4 Å². The van der Waals surface area contributed by atoms with E-state index >= 15 is 0 Å². The third-order valence-corrected chi connectivity index (χ3v) is 7.82. The van der Waals surface area contributed by atoms with Crippen molar-refractivity contribution in [2.45, 2.75) is 18.7 Å². The fourth-order valence-electron chi connectivity index (χ4n) is 5.62. The fourth-order valence-corrected chi connectivity index (χ4v) is 6.09. The summed E-state index contributed by atoms with van der Waals surface area (Å²) in [4.78, 5) is 1.29. The molecule has 2 nitrogen and oxygen atoms in total. The Hall–Kier alpha value is -2.98. The van der Waals surface area contributed by atoms with E-state index in [1.54, 1.807) is 11.8 Å². The molecule has 0 radical (unpaired) electrons. The molecule has 3 heterocycles. The van der Waals surface area contributed by atoms with Gasteiger partial charge in [-0.1, -0.05) is 41.4 Å². The van der Waals surface area contributed by atoms with Gasteiger partial charge in [-0.05, 0) is 82.8 Å². The molecule has 7 rings (SSSR count). The Morgan fingerprint density at radius 1 is 0.867 bits per heavy atom. The average Bonchev–Trinajstić information content (AvgIpc) is 3.32. The smallest absolute Gasteiger partial charge is 0.234 e. The zero-order chi connectivity index (χ0) is 20.1. The van der Waals surface area contributed by atoms with Crippen molar-refractivity contribution in [1.82, 2.24) is 9.78 Å². The van der Waals surface area contributed by atoms with Gasteiger partial charge in [-0.2, -0.15) is 5.10 Å². The van der Waals surface area contributed by atoms with Gasteiger partial charge in [0.2, 0.25) is 6.71 Å². The Kier molecular flexibility index (Phi) is 3.12. The zero-order valence-corrected chi connectivity index (χ0v) is 18.0. The van der Waals surface area contributed by atoms with E-state index in [0.717, 1.165) is 0 Å². The van der Waals surface area contributed by atoms with Crippen LogP contribution in [0, 0.1) is 13.8 Å². The number of fused-ring (bicyclic) bond motifs is 6. The van der Waals surface area contributed by atoms with E-state index in [-0.39, 0.29) is 6.71 Å². The average molecular weight is 402 g/mol. The minimum Gasteiger partial charge on any atom is -0.234 e. The fraction of sp³-hybridized carbons (Fsp3) is 0.115. The number of aryl methyl sites for hydroxylation is 1. The van der Waals surface area contributed by atoms with Gasteiger partial charge in [-0.25, -0.2) is 4.68 Å². The van der Waals surface area contributed by atoms with Crippen molar-refractivity contribution >= 4 is 56.5 Å². The minimum atomic E-state index is 0.275. The summed E-state index contributed by atoms with van der Waals surface area (Å²) in [5.74, 6) is 0. The highest BCUT2D eigenvalue weighted by Gasteiger charge is 2.42. The highest BCUT2D eigenvalue weighted by atomic mass is 32.2. The Morgan fingerprint density at radius 3 is 2.47 bits per heavy atom. The van der Waals surface area contributed by atoms with Crippen molar-refractivity contribution in [1.29, 1.82) is 0 Å². The summed E-state index contributed by atoms with van der Waals surface area (Å²) in [7, 11) is 0. The van der Waals surface area contributed by atoms with E-state index in [1.165, 1.54) is 70.9 Å². The molecule has 0 amide bonds. The van der Waals surface area contributed by atoms with E-state index in [1.807, 2.05) is 6.20 Å². The van der Waals surface area contributed by atoms with Gasteiger partial charge in [0.1, 0.15) is 0 Å². The Balaban J connectivity index is 1.71. The summed E-state index contributed by atoms with van der Waals surface area (Å²) < 4.78 is 2.19. The first-order valence-corrected chi connectivity index (χ1v) is 11.6. The lowest BCUT2D eigenvalue weighted by molar-refractivity contribution is 0.911. The van der Waals surface area contributed by atoms with Crippen molar-refractivity contribution < 1.29 is 0 Å². The molecule has 5 aromatic rings. The molecule has 0 saturated heterocycles. The molecule has 0 aliphatic carbocycles. The topological polar surface area (TPSA) is 17.8 Å². The largest absolute Gasteiger partial charge is 0.248 e. The molecule has 2 aliphatic rings. The number of nitrogens with zero attached hydrogens (tertiary/aromatic N) is 2. The second-order valence-corrected chi connectivity index (χ2v) is 9.43. The van der Waals surface area contributed by atoms with Crippen LogP contribution >= 0.6 is 11.8 Å². The maximum Gasteiger partial charge on any atom is 0.248 e. The normalized spacial score (nSPS) is 13.2. The van der Waals surface area contributed by atoms with Crippen molar-refractivity contribution in [3.63, 3.8) is 0 Å². The highest BCUT2D eigenvalue weighted by Crippen LogP contribution is 2.36. The lowest BCUT2D eigenvalue weighted by Crippen LogP contribution is -2.54. The molecular weight excluding hydrogens is 383 g/mol. The van der Waals surface area contributed by atoms with Gasteiger partial charge < -0.3 is 0 Å². The number of hydrogen-bond donors (Lipinski definition) is 0. The predicted octanol–water partition coefficient (Wildman–Crippen LogP) is 4.33. The monoisotopic (exact) mass is 402 g/mol. The van der Waals surface area contributed by atoms with Gasteiger partial charge in [0.15, 0.2) is 0 Å². The molecule has 4 aromatic carbocycles. The first-order chi connectivity index (χ1) is 14.7. The van der Waals surface area contributed by atoms with Crippen LogP contribution in [0.3, 0.4) is 0 Å². The van der Waals surface area contributed by atoms with Gasteiger partial charge in [0, 0.05) is 10.3 Å². The van der Waals surface area contributed by atoms with Gasteiger partial charge in [0.25, 0.3) is 0 Å². The molecule has 2 aliphatic heterocycles. The molecule has 0 bridgehead atoms. The molecule has 0 spiro atoms. The van der Waals surface area contributed by atoms with Crippen LogP contribution in [0.2, 0.25) is 0 Å². The van der Waals surface area contributed by atoms with E-state index in [2.05, 4.69) is 79.4 Å².